The number of unbranched alkanes of at least 4 members (excludes halogenated alkanes) is 17. The van der Waals surface area contributed by atoms with Crippen LogP contribution in [-0.2, 0) is 65.4 Å². The van der Waals surface area contributed by atoms with Crippen LogP contribution in [0.3, 0.4) is 0 Å². The molecule has 0 radical (unpaired) electrons. The summed E-state index contributed by atoms with van der Waals surface area (Å²) in [7, 11) is -10.0. The van der Waals surface area contributed by atoms with E-state index in [9.17, 15) is 43.2 Å². The molecule has 102 heavy (non-hydrogen) atoms. The number of allylic oxidation sites excluding steroid dienone is 27. The van der Waals surface area contributed by atoms with Gasteiger partial charge >= 0.3 is 39.5 Å². The number of rotatable bonds is 70. The molecule has 5 unspecified atom stereocenters. The Morgan fingerprint density at radius 2 is 0.559 bits per heavy atom. The van der Waals surface area contributed by atoms with E-state index in [0.717, 1.165) is 148 Å². The predicted octanol–water partition coefficient (Wildman–Crippen LogP) is 22.2. The van der Waals surface area contributed by atoms with E-state index in [2.05, 4.69) is 161 Å². The van der Waals surface area contributed by atoms with Gasteiger partial charge in [-0.2, -0.15) is 0 Å². The smallest absolute Gasteiger partial charge is 0.462 e. The molecule has 0 aromatic carbocycles. The zero-order chi connectivity index (χ0) is 74.6. The summed E-state index contributed by atoms with van der Waals surface area (Å²) in [5.41, 5.74) is 0. The van der Waals surface area contributed by atoms with E-state index in [-0.39, 0.29) is 25.7 Å². The van der Waals surface area contributed by atoms with E-state index in [1.54, 1.807) is 6.08 Å². The van der Waals surface area contributed by atoms with E-state index in [1.807, 2.05) is 30.4 Å². The summed E-state index contributed by atoms with van der Waals surface area (Å²) in [5.74, 6) is -2.43. The molecule has 0 aliphatic heterocycles. The van der Waals surface area contributed by atoms with Crippen molar-refractivity contribution in [3.05, 3.63) is 170 Å². The minimum atomic E-state index is -5.01. The molecular weight excluding hydrogens is 1330 g/mol. The monoisotopic (exact) mass is 1460 g/mol. The minimum absolute atomic E-state index is 0.0486. The molecule has 0 saturated heterocycles. The molecule has 5 atom stereocenters. The van der Waals surface area contributed by atoms with Crippen LogP contribution in [0.1, 0.15) is 272 Å². The fourth-order valence-electron chi connectivity index (χ4n) is 9.45. The van der Waals surface area contributed by atoms with Gasteiger partial charge in [-0.25, -0.2) is 9.13 Å². The number of aliphatic hydroxyl groups is 1. The molecule has 17 nitrogen and oxygen atoms in total. The standard InChI is InChI=1S/C83H134O17P2/c1-5-9-13-17-21-25-29-33-37-38-42-44-48-52-56-60-64-68-81(86)94-74-79(100-83(88)70-66-62-58-54-50-46-41-36-32-28-24-20-16-12-8-4)76-98-102(91,92)96-72-77(84)71-95-101(89,90)97-75-78(99-82(87)69-65-61-57-53-49-45-40-35-31-27-23-19-15-11-7-3)73-93-80(85)67-63-59-55-51-47-43-39-34-30-26-22-18-14-10-6-2/h9-11,13-15,21-23,25-27,33-37,39-42,44,47,51-52,56,59,63,77-79,84H,5-8,12,16-20,24,28-32,38,43,45-46,48-50,53-55,57-58,60-62,64-76H2,1-4H3,(H,89,90)(H,91,92)/b13-9-,14-10-,15-11-,25-21-,26-22-,27-23-,37-33-,39-34-,40-35-,41-36-,44-42-,51-47-,56-52-,63-59-. The predicted molar refractivity (Wildman–Crippen MR) is 417 cm³/mol. The van der Waals surface area contributed by atoms with Crippen molar-refractivity contribution < 1.29 is 80.2 Å². The third-order valence-electron chi connectivity index (χ3n) is 15.2. The molecule has 0 spiro atoms. The van der Waals surface area contributed by atoms with Crippen molar-refractivity contribution in [3.63, 3.8) is 0 Å². The summed E-state index contributed by atoms with van der Waals surface area (Å²) in [6.07, 6.45) is 86.7. The highest BCUT2D eigenvalue weighted by Crippen LogP contribution is 2.45. The molecule has 0 heterocycles. The van der Waals surface area contributed by atoms with Crippen LogP contribution in [0.2, 0.25) is 0 Å². The third kappa shape index (κ3) is 72.8. The lowest BCUT2D eigenvalue weighted by molar-refractivity contribution is -0.161. The van der Waals surface area contributed by atoms with Gasteiger partial charge in [-0.15, -0.1) is 0 Å². The number of aliphatic hydroxyl groups excluding tert-OH is 1. The van der Waals surface area contributed by atoms with Crippen molar-refractivity contribution in [2.24, 2.45) is 0 Å². The van der Waals surface area contributed by atoms with Crippen molar-refractivity contribution in [2.75, 3.05) is 39.6 Å². The maximum absolute atomic E-state index is 13.1. The van der Waals surface area contributed by atoms with Crippen molar-refractivity contribution >= 4 is 39.5 Å². The van der Waals surface area contributed by atoms with Gasteiger partial charge in [0.15, 0.2) is 12.2 Å². The van der Waals surface area contributed by atoms with Crippen LogP contribution in [0.25, 0.3) is 0 Å². The topological polar surface area (TPSA) is 237 Å². The molecule has 0 aliphatic rings. The quantitative estimate of drug-likeness (QED) is 0.0169. The molecule has 3 N–H and O–H groups in total. The lowest BCUT2D eigenvalue weighted by atomic mass is 10.1. The van der Waals surface area contributed by atoms with Gasteiger partial charge in [-0.1, -0.05) is 268 Å². The number of hydrogen-bond donors (Lipinski definition) is 3. The highest BCUT2D eigenvalue weighted by Gasteiger charge is 2.30. The van der Waals surface area contributed by atoms with Crippen LogP contribution in [0.15, 0.2) is 170 Å². The Bertz CT molecular complexity index is 2600. The summed E-state index contributed by atoms with van der Waals surface area (Å²) in [5, 5.41) is 10.6. The summed E-state index contributed by atoms with van der Waals surface area (Å²) in [6.45, 7) is 4.29. The van der Waals surface area contributed by atoms with E-state index < -0.39 is 97.5 Å². The van der Waals surface area contributed by atoms with Crippen LogP contribution in [-0.4, -0.2) is 96.7 Å². The second kappa shape index (κ2) is 73.7. The average molecular weight is 1470 g/mol. The number of carbonyl (C=O) groups excluding carboxylic acids is 4. The average Bonchev–Trinajstić information content (AvgIpc) is 0.923. The zero-order valence-electron chi connectivity index (χ0n) is 63.0. The second-order valence-electron chi connectivity index (χ2n) is 24.8. The summed E-state index contributed by atoms with van der Waals surface area (Å²) >= 11 is 0. The molecule has 0 amide bonds. The molecule has 0 saturated carbocycles. The molecule has 0 aromatic heterocycles. The van der Waals surface area contributed by atoms with Gasteiger partial charge in [-0.3, -0.25) is 37.3 Å². The van der Waals surface area contributed by atoms with Gasteiger partial charge < -0.3 is 33.8 Å². The largest absolute Gasteiger partial charge is 0.472 e. The molecule has 578 valence electrons. The first-order valence-electron chi connectivity index (χ1n) is 38.4. The molecule has 19 heteroatoms. The Hall–Kier alpha value is -5.58. The van der Waals surface area contributed by atoms with Gasteiger partial charge in [-0.05, 0) is 148 Å². The minimum Gasteiger partial charge on any atom is -0.462 e. The van der Waals surface area contributed by atoms with E-state index in [1.165, 1.54) is 38.5 Å². The van der Waals surface area contributed by atoms with Crippen LogP contribution < -0.4 is 0 Å². The molecule has 0 aliphatic carbocycles. The van der Waals surface area contributed by atoms with Crippen molar-refractivity contribution in [1.29, 1.82) is 0 Å². The SMILES string of the molecule is CC/C=C\C/C=C\C/C=C\C/C=C\C/C=C\CCCC(=O)OCC(COP(=O)(O)OCC(O)COP(=O)(O)OCC(COC(=O)C/C=C\C/C=C\C/C=C\C/C=C\C/C=C\CC)OC(=O)CCCCCCC/C=C\C/C=C\C/C=C\CC)OC(=O)CCCCCCC/C=C\CCCCCCCC. The maximum Gasteiger partial charge on any atom is 0.472 e. The molecule has 0 rings (SSSR count). The number of phosphoric acid groups is 2. The second-order valence-corrected chi connectivity index (χ2v) is 27.7. The first-order valence-corrected chi connectivity index (χ1v) is 41.4. The number of esters is 4. The van der Waals surface area contributed by atoms with Crippen LogP contribution in [0.4, 0.5) is 0 Å². The van der Waals surface area contributed by atoms with Gasteiger partial charge in [0.2, 0.25) is 0 Å². The number of phosphoric ester groups is 2. The molecular formula is C83H134O17P2. The first-order chi connectivity index (χ1) is 49.7. The van der Waals surface area contributed by atoms with Crippen molar-refractivity contribution in [3.8, 4) is 0 Å². The Morgan fingerprint density at radius 3 is 0.912 bits per heavy atom. The fourth-order valence-corrected chi connectivity index (χ4v) is 11.0. The van der Waals surface area contributed by atoms with Crippen molar-refractivity contribution in [1.82, 2.24) is 0 Å². The van der Waals surface area contributed by atoms with Crippen molar-refractivity contribution in [2.45, 2.75) is 290 Å². The maximum atomic E-state index is 13.1. The molecule has 0 fully saturated rings. The Kier molecular flexibility index (Phi) is 69.7. The highest BCUT2D eigenvalue weighted by atomic mass is 31.2. The Labute approximate surface area is 616 Å². The van der Waals surface area contributed by atoms with E-state index in [4.69, 9.17) is 37.0 Å². The van der Waals surface area contributed by atoms with Gasteiger partial charge in [0, 0.05) is 19.3 Å². The molecule has 0 bridgehead atoms. The number of ether oxygens (including phenoxy) is 4. The van der Waals surface area contributed by atoms with Gasteiger partial charge in [0.25, 0.3) is 0 Å². The summed E-state index contributed by atoms with van der Waals surface area (Å²) in [6, 6.07) is 0. The zero-order valence-corrected chi connectivity index (χ0v) is 64.8. The Balaban J connectivity index is 5.51. The number of carbonyl (C=O) groups is 4. The van der Waals surface area contributed by atoms with E-state index >= 15 is 0 Å². The highest BCUT2D eigenvalue weighted by molar-refractivity contribution is 7.47. The van der Waals surface area contributed by atoms with E-state index in [0.29, 0.717) is 32.1 Å². The number of hydrogen-bond acceptors (Lipinski definition) is 15. The summed E-state index contributed by atoms with van der Waals surface area (Å²) in [4.78, 5) is 72.8. The van der Waals surface area contributed by atoms with Crippen LogP contribution >= 0.6 is 15.6 Å². The van der Waals surface area contributed by atoms with Crippen LogP contribution in [0, 0.1) is 0 Å². The van der Waals surface area contributed by atoms with Gasteiger partial charge in [0.1, 0.15) is 19.3 Å². The Morgan fingerprint density at radius 1 is 0.294 bits per heavy atom. The fraction of sp³-hybridized carbons (Fsp3) is 0.614. The summed E-state index contributed by atoms with van der Waals surface area (Å²) < 4.78 is 68.3. The molecule has 0 aromatic rings. The lowest BCUT2D eigenvalue weighted by Crippen LogP contribution is -2.30. The van der Waals surface area contributed by atoms with Crippen LogP contribution in [0.5, 0.6) is 0 Å². The van der Waals surface area contributed by atoms with Gasteiger partial charge in [0.05, 0.1) is 32.8 Å². The normalized spacial score (nSPS) is 14.9. The lowest BCUT2D eigenvalue weighted by Gasteiger charge is -2.21. The first kappa shape index (κ1) is 96.4. The third-order valence-corrected chi connectivity index (χ3v) is 17.1.